The summed E-state index contributed by atoms with van der Waals surface area (Å²) in [5.74, 6) is 1.05. The van der Waals surface area contributed by atoms with Gasteiger partial charge >= 0.3 is 0 Å². The molecule has 2 aromatic carbocycles. The van der Waals surface area contributed by atoms with Gasteiger partial charge in [0.2, 0.25) is 0 Å². The summed E-state index contributed by atoms with van der Waals surface area (Å²) in [6.07, 6.45) is 1.14. The monoisotopic (exact) mass is 277 g/mol. The van der Waals surface area contributed by atoms with Crippen LogP contribution in [0.3, 0.4) is 0 Å². The maximum absolute atomic E-state index is 6.07. The van der Waals surface area contributed by atoms with Crippen LogP contribution in [0.15, 0.2) is 48.5 Å². The van der Waals surface area contributed by atoms with Gasteiger partial charge in [-0.25, -0.2) is 9.97 Å². The maximum atomic E-state index is 6.07. The van der Waals surface area contributed by atoms with E-state index in [9.17, 15) is 0 Å². The number of fused-ring (bicyclic) bond motifs is 1. The topological polar surface area (TPSA) is 51.8 Å². The Morgan fingerprint density at radius 1 is 0.952 bits per heavy atom. The van der Waals surface area contributed by atoms with Crippen molar-refractivity contribution in [2.75, 3.05) is 5.73 Å². The van der Waals surface area contributed by atoms with Gasteiger partial charge in [0.25, 0.3) is 0 Å². The van der Waals surface area contributed by atoms with Crippen molar-refractivity contribution in [1.82, 2.24) is 9.97 Å². The van der Waals surface area contributed by atoms with Crippen LogP contribution in [-0.4, -0.2) is 9.97 Å². The number of benzene rings is 2. The molecule has 3 nitrogen and oxygen atoms in total. The summed E-state index contributed by atoms with van der Waals surface area (Å²) in [6, 6.07) is 16.3. The predicted molar refractivity (Wildman–Crippen MR) is 88.1 cm³/mol. The van der Waals surface area contributed by atoms with Crippen molar-refractivity contribution in [2.24, 2.45) is 0 Å². The summed E-state index contributed by atoms with van der Waals surface area (Å²) in [4.78, 5) is 9.09. The minimum Gasteiger partial charge on any atom is -0.382 e. The molecule has 0 radical (unpaired) electrons. The fourth-order valence-electron chi connectivity index (χ4n) is 2.43. The second-order valence-electron chi connectivity index (χ2n) is 5.38. The number of hydrogen-bond donors (Lipinski definition) is 1. The summed E-state index contributed by atoms with van der Waals surface area (Å²) in [5, 5.41) is 0. The largest absolute Gasteiger partial charge is 0.382 e. The molecule has 2 N–H and O–H groups in total. The third-order valence-electron chi connectivity index (χ3n) is 3.96. The number of nitrogen functional groups attached to an aromatic ring is 1. The first-order valence-electron chi connectivity index (χ1n) is 7.31. The number of aromatic nitrogens is 2. The quantitative estimate of drug-likeness (QED) is 0.772. The van der Waals surface area contributed by atoms with Crippen LogP contribution >= 0.6 is 0 Å². The number of para-hydroxylation sites is 2. The zero-order chi connectivity index (χ0) is 14.8. The van der Waals surface area contributed by atoms with E-state index >= 15 is 0 Å². The van der Waals surface area contributed by atoms with Crippen molar-refractivity contribution < 1.29 is 0 Å². The zero-order valence-electron chi connectivity index (χ0n) is 12.4. The van der Waals surface area contributed by atoms with Crippen LogP contribution in [0.25, 0.3) is 22.3 Å². The maximum Gasteiger partial charge on any atom is 0.150 e. The molecular formula is C18H19N3. The zero-order valence-corrected chi connectivity index (χ0v) is 12.4. The van der Waals surface area contributed by atoms with Crippen molar-refractivity contribution in [3.05, 3.63) is 54.1 Å². The summed E-state index contributed by atoms with van der Waals surface area (Å²) < 4.78 is 0. The molecule has 0 aliphatic rings. The highest BCUT2D eigenvalue weighted by atomic mass is 14.9. The fourth-order valence-corrected chi connectivity index (χ4v) is 2.43. The van der Waals surface area contributed by atoms with Gasteiger partial charge in [-0.3, -0.25) is 0 Å². The highest BCUT2D eigenvalue weighted by Gasteiger charge is 2.09. The van der Waals surface area contributed by atoms with Crippen LogP contribution in [0, 0.1) is 0 Å². The molecule has 1 atom stereocenters. The molecule has 0 amide bonds. The molecule has 0 aliphatic heterocycles. The molecule has 1 heterocycles. The van der Waals surface area contributed by atoms with E-state index in [1.165, 1.54) is 5.56 Å². The van der Waals surface area contributed by atoms with Gasteiger partial charge < -0.3 is 5.73 Å². The molecule has 0 fully saturated rings. The molecule has 0 spiro atoms. The van der Waals surface area contributed by atoms with Crippen molar-refractivity contribution >= 4 is 16.9 Å². The van der Waals surface area contributed by atoms with Gasteiger partial charge in [0.1, 0.15) is 5.69 Å². The highest BCUT2D eigenvalue weighted by Crippen LogP contribution is 2.27. The molecule has 1 aromatic heterocycles. The van der Waals surface area contributed by atoms with Crippen LogP contribution in [0.1, 0.15) is 31.7 Å². The molecule has 0 bridgehead atoms. The molecule has 3 heteroatoms. The lowest BCUT2D eigenvalue weighted by molar-refractivity contribution is 0.734. The van der Waals surface area contributed by atoms with E-state index < -0.39 is 0 Å². The molecule has 0 saturated heterocycles. The van der Waals surface area contributed by atoms with Crippen LogP contribution in [0.4, 0.5) is 5.82 Å². The van der Waals surface area contributed by atoms with Gasteiger partial charge in [-0.15, -0.1) is 0 Å². The summed E-state index contributed by atoms with van der Waals surface area (Å²) in [7, 11) is 0. The Morgan fingerprint density at radius 3 is 2.19 bits per heavy atom. The molecule has 0 aliphatic carbocycles. The number of hydrogen-bond acceptors (Lipinski definition) is 3. The minimum absolute atomic E-state index is 0.477. The smallest absolute Gasteiger partial charge is 0.150 e. The van der Waals surface area contributed by atoms with Crippen molar-refractivity contribution in [2.45, 2.75) is 26.2 Å². The van der Waals surface area contributed by atoms with E-state index in [-0.39, 0.29) is 0 Å². The van der Waals surface area contributed by atoms with E-state index in [0.29, 0.717) is 11.7 Å². The van der Waals surface area contributed by atoms with Crippen LogP contribution < -0.4 is 5.73 Å². The van der Waals surface area contributed by atoms with Crippen molar-refractivity contribution in [1.29, 1.82) is 0 Å². The van der Waals surface area contributed by atoms with E-state index in [1.807, 2.05) is 24.3 Å². The highest BCUT2D eigenvalue weighted by molar-refractivity contribution is 5.82. The second kappa shape index (κ2) is 5.52. The molecule has 21 heavy (non-hydrogen) atoms. The summed E-state index contributed by atoms with van der Waals surface area (Å²) in [5.41, 5.74) is 10.9. The van der Waals surface area contributed by atoms with Gasteiger partial charge in [0.15, 0.2) is 5.82 Å². The number of nitrogens with two attached hydrogens (primary N) is 1. The first kappa shape index (κ1) is 13.6. The van der Waals surface area contributed by atoms with Gasteiger partial charge in [-0.2, -0.15) is 0 Å². The Labute approximate surface area is 124 Å². The predicted octanol–water partition coefficient (Wildman–Crippen LogP) is 4.39. The molecule has 3 aromatic rings. The first-order valence-corrected chi connectivity index (χ1v) is 7.31. The van der Waals surface area contributed by atoms with Gasteiger partial charge in [0, 0.05) is 5.56 Å². The number of nitrogens with zero attached hydrogens (tertiary/aromatic N) is 2. The van der Waals surface area contributed by atoms with E-state index in [0.717, 1.165) is 28.7 Å². The number of anilines is 1. The lowest BCUT2D eigenvalue weighted by Crippen LogP contribution is -1.99. The SMILES string of the molecule is CCC(C)c1ccc(-c2nc3ccccc3nc2N)cc1. The third kappa shape index (κ3) is 2.59. The van der Waals surface area contributed by atoms with Gasteiger partial charge in [0.05, 0.1) is 11.0 Å². The Morgan fingerprint density at radius 2 is 1.57 bits per heavy atom. The van der Waals surface area contributed by atoms with Crippen LogP contribution in [-0.2, 0) is 0 Å². The molecule has 106 valence electrons. The van der Waals surface area contributed by atoms with E-state index in [4.69, 9.17) is 5.73 Å². The molecule has 0 saturated carbocycles. The third-order valence-corrected chi connectivity index (χ3v) is 3.96. The Bertz CT molecular complexity index is 763. The molecular weight excluding hydrogens is 258 g/mol. The van der Waals surface area contributed by atoms with Gasteiger partial charge in [-0.1, -0.05) is 50.2 Å². The second-order valence-corrected chi connectivity index (χ2v) is 5.38. The van der Waals surface area contributed by atoms with E-state index in [1.54, 1.807) is 0 Å². The van der Waals surface area contributed by atoms with Gasteiger partial charge in [-0.05, 0) is 30.0 Å². The average molecular weight is 277 g/mol. The standard InChI is InChI=1S/C18H19N3/c1-3-12(2)13-8-10-14(11-9-13)17-18(19)21-16-7-5-4-6-15(16)20-17/h4-12H,3H2,1-2H3,(H2,19,21). The fraction of sp³-hybridized carbons (Fsp3) is 0.222. The lowest BCUT2D eigenvalue weighted by Gasteiger charge is -2.10. The van der Waals surface area contributed by atoms with Crippen LogP contribution in [0.5, 0.6) is 0 Å². The Kier molecular flexibility index (Phi) is 3.57. The van der Waals surface area contributed by atoms with Crippen molar-refractivity contribution in [3.63, 3.8) is 0 Å². The molecule has 3 rings (SSSR count). The minimum atomic E-state index is 0.477. The normalized spacial score (nSPS) is 12.5. The first-order chi connectivity index (χ1) is 10.2. The summed E-state index contributed by atoms with van der Waals surface area (Å²) >= 11 is 0. The Balaban J connectivity index is 2.05. The molecule has 1 unspecified atom stereocenters. The number of rotatable bonds is 3. The lowest BCUT2D eigenvalue weighted by atomic mass is 9.97. The Hall–Kier alpha value is -2.42. The average Bonchev–Trinajstić information content (AvgIpc) is 2.53. The van der Waals surface area contributed by atoms with E-state index in [2.05, 4.69) is 48.1 Å². The summed E-state index contributed by atoms with van der Waals surface area (Å²) in [6.45, 7) is 4.44. The van der Waals surface area contributed by atoms with Crippen molar-refractivity contribution in [3.8, 4) is 11.3 Å². The van der Waals surface area contributed by atoms with Crippen LogP contribution in [0.2, 0.25) is 0 Å².